The van der Waals surface area contributed by atoms with Crippen molar-refractivity contribution in [1.29, 1.82) is 0 Å². The molecule has 6 nitrogen and oxygen atoms in total. The van der Waals surface area contributed by atoms with Gasteiger partial charge in [0.1, 0.15) is 4.90 Å². The lowest BCUT2D eigenvalue weighted by Crippen LogP contribution is -2.31. The fraction of sp³-hybridized carbons (Fsp3) is 0.105. The van der Waals surface area contributed by atoms with Crippen LogP contribution in [-0.4, -0.2) is 20.9 Å². The number of benzene rings is 2. The number of carbonyl (C=O) groups is 1. The first-order valence-electron chi connectivity index (χ1n) is 8.15. The van der Waals surface area contributed by atoms with Crippen molar-refractivity contribution in [3.8, 4) is 0 Å². The monoisotopic (exact) mass is 404 g/mol. The number of rotatable bonds is 6. The second kappa shape index (κ2) is 7.85. The Morgan fingerprint density at radius 2 is 1.85 bits per heavy atom. The van der Waals surface area contributed by atoms with Crippen molar-refractivity contribution in [2.24, 2.45) is 0 Å². The van der Waals surface area contributed by atoms with E-state index in [1.807, 2.05) is 6.07 Å². The van der Waals surface area contributed by atoms with Crippen LogP contribution in [0.15, 0.2) is 76.2 Å². The van der Waals surface area contributed by atoms with E-state index < -0.39 is 15.9 Å². The molecule has 1 heterocycles. The Morgan fingerprint density at radius 1 is 1.11 bits per heavy atom. The lowest BCUT2D eigenvalue weighted by Gasteiger charge is -2.23. The minimum absolute atomic E-state index is 0.0698. The number of nitrogens with zero attached hydrogens (tertiary/aromatic N) is 1. The molecule has 0 bridgehead atoms. The van der Waals surface area contributed by atoms with Gasteiger partial charge in [0, 0.05) is 12.2 Å². The van der Waals surface area contributed by atoms with Crippen LogP contribution in [0.5, 0.6) is 0 Å². The maximum Gasteiger partial charge on any atom is 0.291 e. The average Bonchev–Trinajstić information content (AvgIpc) is 3.19. The Labute approximate surface area is 162 Å². The van der Waals surface area contributed by atoms with Crippen LogP contribution in [0, 0.1) is 0 Å². The fourth-order valence-electron chi connectivity index (χ4n) is 2.58. The van der Waals surface area contributed by atoms with Crippen LogP contribution in [0.25, 0.3) is 0 Å². The van der Waals surface area contributed by atoms with Gasteiger partial charge in [-0.05, 0) is 49.4 Å². The van der Waals surface area contributed by atoms with Gasteiger partial charge in [-0.1, -0.05) is 29.8 Å². The number of para-hydroxylation sites is 1. The van der Waals surface area contributed by atoms with Crippen LogP contribution in [0.1, 0.15) is 17.5 Å². The number of nitrogens with one attached hydrogen (secondary N) is 1. The van der Waals surface area contributed by atoms with Gasteiger partial charge < -0.3 is 9.73 Å². The van der Waals surface area contributed by atoms with Crippen molar-refractivity contribution in [2.75, 3.05) is 16.2 Å². The third-order valence-corrected chi connectivity index (χ3v) is 6.22. The summed E-state index contributed by atoms with van der Waals surface area (Å²) in [6.45, 7) is 1.96. The highest BCUT2D eigenvalue weighted by atomic mass is 35.5. The number of hydrogen-bond acceptors (Lipinski definition) is 4. The van der Waals surface area contributed by atoms with E-state index in [-0.39, 0.29) is 22.2 Å². The molecule has 1 N–H and O–H groups in total. The highest BCUT2D eigenvalue weighted by Gasteiger charge is 2.26. The SMILES string of the molecule is CCN(c1ccccc1)S(=O)(=O)c1cc(NC(=O)c2ccco2)ccc1Cl. The van der Waals surface area contributed by atoms with E-state index >= 15 is 0 Å². The van der Waals surface area contributed by atoms with E-state index in [1.54, 1.807) is 37.3 Å². The molecule has 0 spiro atoms. The summed E-state index contributed by atoms with van der Waals surface area (Å²) in [7, 11) is -3.92. The Hall–Kier alpha value is -2.77. The number of hydrogen-bond donors (Lipinski definition) is 1. The molecule has 3 aromatic rings. The van der Waals surface area contributed by atoms with E-state index in [9.17, 15) is 13.2 Å². The van der Waals surface area contributed by atoms with E-state index in [0.29, 0.717) is 11.4 Å². The van der Waals surface area contributed by atoms with E-state index in [2.05, 4.69) is 5.32 Å². The standard InChI is InChI=1S/C19H17ClN2O4S/c1-2-22(15-7-4-3-5-8-15)27(24,25)18-13-14(10-11-16(18)20)21-19(23)17-9-6-12-26-17/h3-13H,2H2,1H3,(H,21,23). The molecule has 2 aromatic carbocycles. The van der Waals surface area contributed by atoms with Gasteiger partial charge in [-0.2, -0.15) is 0 Å². The van der Waals surface area contributed by atoms with Gasteiger partial charge in [0.05, 0.1) is 17.0 Å². The first kappa shape index (κ1) is 19.0. The minimum Gasteiger partial charge on any atom is -0.459 e. The number of furan rings is 1. The van der Waals surface area contributed by atoms with Crippen LogP contribution in [-0.2, 0) is 10.0 Å². The lowest BCUT2D eigenvalue weighted by molar-refractivity contribution is 0.0996. The molecule has 0 saturated heterocycles. The molecule has 0 unspecified atom stereocenters. The maximum absolute atomic E-state index is 13.2. The Kier molecular flexibility index (Phi) is 5.53. The van der Waals surface area contributed by atoms with Crippen LogP contribution in [0.3, 0.4) is 0 Å². The largest absolute Gasteiger partial charge is 0.459 e. The van der Waals surface area contributed by atoms with Crippen molar-refractivity contribution in [2.45, 2.75) is 11.8 Å². The summed E-state index contributed by atoms with van der Waals surface area (Å²) in [6.07, 6.45) is 1.38. The molecule has 140 valence electrons. The first-order chi connectivity index (χ1) is 12.9. The molecule has 0 saturated carbocycles. The second-order valence-electron chi connectivity index (χ2n) is 5.58. The van der Waals surface area contributed by atoms with Crippen LogP contribution in [0.4, 0.5) is 11.4 Å². The molecule has 1 aromatic heterocycles. The zero-order valence-electron chi connectivity index (χ0n) is 14.4. The fourth-order valence-corrected chi connectivity index (χ4v) is 4.56. The van der Waals surface area contributed by atoms with Gasteiger partial charge in [-0.25, -0.2) is 8.42 Å². The molecular weight excluding hydrogens is 388 g/mol. The van der Waals surface area contributed by atoms with Gasteiger partial charge in [0.25, 0.3) is 15.9 Å². The molecule has 0 aliphatic carbocycles. The van der Waals surface area contributed by atoms with E-state index in [4.69, 9.17) is 16.0 Å². The summed E-state index contributed by atoms with van der Waals surface area (Å²) >= 11 is 6.17. The molecular formula is C19H17ClN2O4S. The second-order valence-corrected chi connectivity index (χ2v) is 7.82. The topological polar surface area (TPSA) is 79.6 Å². The molecule has 1 amide bonds. The van der Waals surface area contributed by atoms with E-state index in [1.165, 1.54) is 34.8 Å². The van der Waals surface area contributed by atoms with Crippen LogP contribution in [0.2, 0.25) is 5.02 Å². The van der Waals surface area contributed by atoms with Gasteiger partial charge in [0.2, 0.25) is 0 Å². The van der Waals surface area contributed by atoms with Gasteiger partial charge in [-0.3, -0.25) is 9.10 Å². The average molecular weight is 405 g/mol. The highest BCUT2D eigenvalue weighted by molar-refractivity contribution is 7.93. The first-order valence-corrected chi connectivity index (χ1v) is 9.97. The summed E-state index contributed by atoms with van der Waals surface area (Å²) in [5.74, 6) is -0.366. The zero-order chi connectivity index (χ0) is 19.4. The van der Waals surface area contributed by atoms with Crippen molar-refractivity contribution in [1.82, 2.24) is 0 Å². The van der Waals surface area contributed by atoms with Crippen LogP contribution >= 0.6 is 11.6 Å². The third kappa shape index (κ3) is 3.99. The van der Waals surface area contributed by atoms with Crippen molar-refractivity contribution >= 4 is 38.9 Å². The van der Waals surface area contributed by atoms with Crippen molar-refractivity contribution in [3.05, 3.63) is 77.7 Å². The van der Waals surface area contributed by atoms with Gasteiger partial charge in [0.15, 0.2) is 5.76 Å². The third-order valence-electron chi connectivity index (χ3n) is 3.83. The molecule has 8 heteroatoms. The molecule has 0 aliphatic rings. The Bertz CT molecular complexity index is 1030. The minimum atomic E-state index is -3.92. The summed E-state index contributed by atoms with van der Waals surface area (Å²) in [5.41, 5.74) is 0.824. The quantitative estimate of drug-likeness (QED) is 0.660. The highest BCUT2D eigenvalue weighted by Crippen LogP contribution is 2.30. The zero-order valence-corrected chi connectivity index (χ0v) is 16.0. The normalized spacial score (nSPS) is 11.2. The molecule has 0 fully saturated rings. The maximum atomic E-state index is 13.2. The molecule has 0 aliphatic heterocycles. The Balaban J connectivity index is 1.96. The summed E-state index contributed by atoms with van der Waals surface area (Å²) < 4.78 is 32.6. The number of halogens is 1. The van der Waals surface area contributed by atoms with Gasteiger partial charge >= 0.3 is 0 Å². The summed E-state index contributed by atoms with van der Waals surface area (Å²) in [4.78, 5) is 12.0. The number of amides is 1. The van der Waals surface area contributed by atoms with Gasteiger partial charge in [-0.15, -0.1) is 0 Å². The number of carbonyl (C=O) groups excluding carboxylic acids is 1. The van der Waals surface area contributed by atoms with E-state index in [0.717, 1.165) is 0 Å². The van der Waals surface area contributed by atoms with Crippen LogP contribution < -0.4 is 9.62 Å². The smallest absolute Gasteiger partial charge is 0.291 e. The lowest BCUT2D eigenvalue weighted by atomic mass is 10.3. The molecule has 0 radical (unpaired) electrons. The molecule has 0 atom stereocenters. The predicted molar refractivity (Wildman–Crippen MR) is 105 cm³/mol. The molecule has 27 heavy (non-hydrogen) atoms. The molecule has 3 rings (SSSR count). The number of anilines is 2. The summed E-state index contributed by atoms with van der Waals surface area (Å²) in [5, 5.41) is 2.68. The predicted octanol–water partition coefficient (Wildman–Crippen LogP) is 4.40. The van der Waals surface area contributed by atoms with Crippen molar-refractivity contribution in [3.63, 3.8) is 0 Å². The summed E-state index contributed by atoms with van der Waals surface area (Å²) in [6, 6.07) is 16.1. The number of sulfonamides is 1. The van der Waals surface area contributed by atoms with Crippen molar-refractivity contribution < 1.29 is 17.6 Å². The Morgan fingerprint density at radius 3 is 2.48 bits per heavy atom.